The van der Waals surface area contributed by atoms with Crippen molar-refractivity contribution in [3.05, 3.63) is 35.9 Å². The maximum absolute atomic E-state index is 5.97. The maximum Gasteiger partial charge on any atom is 0.0472 e. The first-order valence-electron chi connectivity index (χ1n) is 9.02. The van der Waals surface area contributed by atoms with Gasteiger partial charge in [-0.1, -0.05) is 57.0 Å². The number of nitrogens with zero attached hydrogens (tertiary/aromatic N) is 1. The van der Waals surface area contributed by atoms with Crippen LogP contribution in [0.1, 0.15) is 51.1 Å². The Kier molecular flexibility index (Phi) is 7.37. The van der Waals surface area contributed by atoms with Gasteiger partial charge >= 0.3 is 0 Å². The second-order valence-corrected chi connectivity index (χ2v) is 6.44. The Balaban J connectivity index is 2.03. The molecule has 0 radical (unpaired) electrons. The molecule has 3 atom stereocenters. The second-order valence-electron chi connectivity index (χ2n) is 6.44. The molecule has 1 fully saturated rings. The van der Waals surface area contributed by atoms with Crippen LogP contribution in [0.4, 0.5) is 0 Å². The average Bonchev–Trinajstić information content (AvgIpc) is 2.59. The number of hydrogen-bond acceptors (Lipinski definition) is 3. The number of nitrogens with two attached hydrogens (primary N) is 1. The van der Waals surface area contributed by atoms with Crippen LogP contribution in [0.25, 0.3) is 0 Å². The van der Waals surface area contributed by atoms with Gasteiger partial charge in [0.1, 0.15) is 0 Å². The molecule has 3 N–H and O–H groups in total. The number of hydrogen-bond donors (Lipinski definition) is 2. The van der Waals surface area contributed by atoms with Crippen LogP contribution in [0.15, 0.2) is 30.3 Å². The Hall–Kier alpha value is -0.900. The minimum absolute atomic E-state index is 0.455. The lowest BCUT2D eigenvalue weighted by Crippen LogP contribution is -2.45. The van der Waals surface area contributed by atoms with Crippen molar-refractivity contribution < 1.29 is 0 Å². The van der Waals surface area contributed by atoms with E-state index in [0.29, 0.717) is 18.0 Å². The molecule has 0 aliphatic heterocycles. The quantitative estimate of drug-likeness (QED) is 0.775. The van der Waals surface area contributed by atoms with Gasteiger partial charge in [-0.2, -0.15) is 0 Å². The Bertz CT molecular complexity index is 402. The van der Waals surface area contributed by atoms with Crippen molar-refractivity contribution in [3.8, 4) is 0 Å². The molecule has 0 spiro atoms. The van der Waals surface area contributed by atoms with Crippen LogP contribution in [0, 0.1) is 5.92 Å². The fraction of sp³-hybridized carbons (Fsp3) is 0.684. The molecule has 1 saturated carbocycles. The second kappa shape index (κ2) is 9.29. The standard InChI is InChI=1S/C19H33N3/c1-3-22(4-2)19(16-10-6-5-7-11-16)15-21-18-13-9-8-12-17(18)14-20/h5-7,10-11,17-19,21H,3-4,8-9,12-15,20H2,1-2H3. The zero-order chi connectivity index (χ0) is 15.8. The van der Waals surface area contributed by atoms with Gasteiger partial charge in [-0.15, -0.1) is 0 Å². The highest BCUT2D eigenvalue weighted by Gasteiger charge is 2.25. The smallest absolute Gasteiger partial charge is 0.0472 e. The molecule has 124 valence electrons. The summed E-state index contributed by atoms with van der Waals surface area (Å²) in [5.41, 5.74) is 7.39. The molecule has 3 heteroatoms. The molecule has 3 unspecified atom stereocenters. The van der Waals surface area contributed by atoms with Crippen LogP contribution < -0.4 is 11.1 Å². The van der Waals surface area contributed by atoms with Crippen molar-refractivity contribution >= 4 is 0 Å². The highest BCUT2D eigenvalue weighted by Crippen LogP contribution is 2.25. The molecule has 0 saturated heterocycles. The molecule has 1 aliphatic rings. The van der Waals surface area contributed by atoms with E-state index in [-0.39, 0.29) is 0 Å². The zero-order valence-corrected chi connectivity index (χ0v) is 14.3. The normalized spacial score (nSPS) is 23.6. The van der Waals surface area contributed by atoms with Gasteiger partial charge in [-0.25, -0.2) is 0 Å². The summed E-state index contributed by atoms with van der Waals surface area (Å²) in [7, 11) is 0. The van der Waals surface area contributed by atoms with Crippen LogP contribution in [0.2, 0.25) is 0 Å². The van der Waals surface area contributed by atoms with Gasteiger partial charge in [-0.05, 0) is 44.0 Å². The molecule has 1 aromatic carbocycles. The Morgan fingerprint density at radius 2 is 1.82 bits per heavy atom. The summed E-state index contributed by atoms with van der Waals surface area (Å²) >= 11 is 0. The van der Waals surface area contributed by atoms with Gasteiger partial charge in [0, 0.05) is 18.6 Å². The molecule has 0 heterocycles. The van der Waals surface area contributed by atoms with E-state index < -0.39 is 0 Å². The van der Waals surface area contributed by atoms with Gasteiger partial charge in [0.05, 0.1) is 0 Å². The summed E-state index contributed by atoms with van der Waals surface area (Å²) in [5, 5.41) is 3.85. The van der Waals surface area contributed by atoms with Gasteiger partial charge in [-0.3, -0.25) is 4.90 Å². The molecular formula is C19H33N3. The monoisotopic (exact) mass is 303 g/mol. The van der Waals surface area contributed by atoms with Crippen LogP contribution in [0.3, 0.4) is 0 Å². The molecular weight excluding hydrogens is 270 g/mol. The topological polar surface area (TPSA) is 41.3 Å². The minimum Gasteiger partial charge on any atom is -0.330 e. The molecule has 22 heavy (non-hydrogen) atoms. The van der Waals surface area contributed by atoms with Crippen molar-refractivity contribution in [2.45, 2.75) is 51.6 Å². The van der Waals surface area contributed by atoms with Crippen LogP contribution >= 0.6 is 0 Å². The van der Waals surface area contributed by atoms with Crippen molar-refractivity contribution in [2.75, 3.05) is 26.2 Å². The van der Waals surface area contributed by atoms with Gasteiger partial charge < -0.3 is 11.1 Å². The molecule has 1 aromatic rings. The molecule has 0 aromatic heterocycles. The molecule has 0 amide bonds. The maximum atomic E-state index is 5.97. The van der Waals surface area contributed by atoms with E-state index in [9.17, 15) is 0 Å². The molecule has 2 rings (SSSR count). The van der Waals surface area contributed by atoms with Gasteiger partial charge in [0.2, 0.25) is 0 Å². The highest BCUT2D eigenvalue weighted by atomic mass is 15.2. The zero-order valence-electron chi connectivity index (χ0n) is 14.3. The van der Waals surface area contributed by atoms with E-state index in [1.807, 2.05) is 0 Å². The first kappa shape index (κ1) is 17.5. The van der Waals surface area contributed by atoms with Crippen molar-refractivity contribution in [3.63, 3.8) is 0 Å². The summed E-state index contributed by atoms with van der Waals surface area (Å²) < 4.78 is 0. The highest BCUT2D eigenvalue weighted by molar-refractivity contribution is 5.19. The first-order chi connectivity index (χ1) is 10.8. The number of likely N-dealkylation sites (N-methyl/N-ethyl adjacent to an activating group) is 1. The minimum atomic E-state index is 0.455. The number of benzene rings is 1. The van der Waals surface area contributed by atoms with E-state index in [4.69, 9.17) is 5.73 Å². The largest absolute Gasteiger partial charge is 0.330 e. The lowest BCUT2D eigenvalue weighted by atomic mass is 9.84. The number of nitrogens with one attached hydrogen (secondary N) is 1. The number of rotatable bonds is 8. The van der Waals surface area contributed by atoms with Gasteiger partial charge in [0.25, 0.3) is 0 Å². The van der Waals surface area contributed by atoms with Crippen LogP contribution in [-0.4, -0.2) is 37.1 Å². The third-order valence-corrected chi connectivity index (χ3v) is 5.22. The van der Waals surface area contributed by atoms with E-state index in [1.165, 1.54) is 31.2 Å². The van der Waals surface area contributed by atoms with E-state index in [2.05, 4.69) is 54.4 Å². The summed E-state index contributed by atoms with van der Waals surface area (Å²) in [5.74, 6) is 0.655. The lowest BCUT2D eigenvalue weighted by molar-refractivity contribution is 0.189. The Morgan fingerprint density at radius 3 is 2.45 bits per heavy atom. The van der Waals surface area contributed by atoms with E-state index in [0.717, 1.165) is 26.2 Å². The summed E-state index contributed by atoms with van der Waals surface area (Å²) in [6, 6.07) is 12.0. The summed E-state index contributed by atoms with van der Waals surface area (Å²) in [4.78, 5) is 2.54. The fourth-order valence-corrected chi connectivity index (χ4v) is 3.82. The van der Waals surface area contributed by atoms with Crippen molar-refractivity contribution in [1.82, 2.24) is 10.2 Å². The fourth-order valence-electron chi connectivity index (χ4n) is 3.82. The molecule has 1 aliphatic carbocycles. The predicted molar refractivity (Wildman–Crippen MR) is 94.9 cm³/mol. The SMILES string of the molecule is CCN(CC)C(CNC1CCCCC1CN)c1ccccc1. The Labute approximate surface area is 136 Å². The van der Waals surface area contributed by atoms with E-state index in [1.54, 1.807) is 0 Å². The lowest BCUT2D eigenvalue weighted by Gasteiger charge is -2.36. The average molecular weight is 303 g/mol. The van der Waals surface area contributed by atoms with Crippen molar-refractivity contribution in [1.29, 1.82) is 0 Å². The first-order valence-corrected chi connectivity index (χ1v) is 9.02. The third-order valence-electron chi connectivity index (χ3n) is 5.22. The van der Waals surface area contributed by atoms with Crippen LogP contribution in [0.5, 0.6) is 0 Å². The molecule has 0 bridgehead atoms. The predicted octanol–water partition coefficient (Wildman–Crippen LogP) is 3.18. The Morgan fingerprint density at radius 1 is 1.14 bits per heavy atom. The van der Waals surface area contributed by atoms with E-state index >= 15 is 0 Å². The summed E-state index contributed by atoms with van der Waals surface area (Å²) in [6.07, 6.45) is 5.25. The van der Waals surface area contributed by atoms with Gasteiger partial charge in [0.15, 0.2) is 0 Å². The summed E-state index contributed by atoms with van der Waals surface area (Å²) in [6.45, 7) is 8.52. The van der Waals surface area contributed by atoms with Crippen LogP contribution in [-0.2, 0) is 0 Å². The third kappa shape index (κ3) is 4.55. The molecule has 3 nitrogen and oxygen atoms in total. The van der Waals surface area contributed by atoms with Crippen molar-refractivity contribution in [2.24, 2.45) is 11.7 Å².